The van der Waals surface area contributed by atoms with Gasteiger partial charge in [0, 0.05) is 0 Å². The van der Waals surface area contributed by atoms with E-state index >= 15 is 0 Å². The molecular formula is C15H17NTe. The predicted octanol–water partition coefficient (Wildman–Crippen LogP) is 3.23. The van der Waals surface area contributed by atoms with Crippen molar-refractivity contribution in [2.75, 3.05) is 0 Å². The average Bonchev–Trinajstić information content (AvgIpc) is 2.42. The van der Waals surface area contributed by atoms with Gasteiger partial charge in [-0.1, -0.05) is 0 Å². The monoisotopic (exact) mass is 341 g/mol. The van der Waals surface area contributed by atoms with Crippen molar-refractivity contribution in [1.82, 2.24) is 5.32 Å². The Morgan fingerprint density at radius 2 is 1.53 bits per heavy atom. The van der Waals surface area contributed by atoms with Gasteiger partial charge in [0.25, 0.3) is 0 Å². The zero-order valence-corrected chi connectivity index (χ0v) is 12.3. The van der Waals surface area contributed by atoms with Crippen molar-refractivity contribution >= 4 is 20.9 Å². The normalized spacial score (nSPS) is 12.3. The fourth-order valence-corrected chi connectivity index (χ4v) is 3.71. The average molecular weight is 339 g/mol. The Hall–Kier alpha value is -0.810. The molecule has 2 aromatic rings. The standard InChI is InChI=1S/C15H17NTe/c1-17-15(14-10-6-3-7-11-14)16-12-13-8-4-2-5-9-13/h2-11,15-16H,12H2,1H3. The van der Waals surface area contributed by atoms with Crippen LogP contribution in [0.25, 0.3) is 0 Å². The number of hydrogen-bond acceptors (Lipinski definition) is 1. The molecule has 2 aromatic carbocycles. The van der Waals surface area contributed by atoms with Gasteiger partial charge in [0.1, 0.15) is 0 Å². The number of rotatable bonds is 5. The molecular weight excluding hydrogens is 322 g/mol. The van der Waals surface area contributed by atoms with Crippen molar-refractivity contribution in [1.29, 1.82) is 0 Å². The second-order valence-corrected chi connectivity index (χ2v) is 6.58. The maximum absolute atomic E-state index is 3.66. The molecule has 1 atom stereocenters. The van der Waals surface area contributed by atoms with Crippen LogP contribution in [0.3, 0.4) is 0 Å². The summed E-state index contributed by atoms with van der Waals surface area (Å²) in [4.78, 5) is 2.35. The molecule has 2 rings (SSSR count). The van der Waals surface area contributed by atoms with Gasteiger partial charge in [-0.3, -0.25) is 0 Å². The summed E-state index contributed by atoms with van der Waals surface area (Å²) in [5.74, 6) is 0. The summed E-state index contributed by atoms with van der Waals surface area (Å²) >= 11 is -0.0202. The van der Waals surface area contributed by atoms with E-state index in [2.05, 4.69) is 71.0 Å². The third kappa shape index (κ3) is 3.85. The van der Waals surface area contributed by atoms with Crippen molar-refractivity contribution in [2.45, 2.75) is 15.6 Å². The van der Waals surface area contributed by atoms with Crippen LogP contribution in [0, 0.1) is 0 Å². The van der Waals surface area contributed by atoms with Crippen LogP contribution in [0.5, 0.6) is 0 Å². The molecule has 0 saturated heterocycles. The minimum absolute atomic E-state index is 0.0202. The van der Waals surface area contributed by atoms with E-state index in [1.807, 2.05) is 0 Å². The van der Waals surface area contributed by atoms with Gasteiger partial charge in [-0.2, -0.15) is 0 Å². The first-order valence-corrected chi connectivity index (χ1v) is 9.43. The Labute approximate surface area is 113 Å². The van der Waals surface area contributed by atoms with E-state index in [0.717, 1.165) is 6.54 Å². The van der Waals surface area contributed by atoms with E-state index in [1.165, 1.54) is 11.1 Å². The van der Waals surface area contributed by atoms with Crippen LogP contribution in [0.1, 0.15) is 15.2 Å². The predicted molar refractivity (Wildman–Crippen MR) is 74.1 cm³/mol. The van der Waals surface area contributed by atoms with Crippen LogP contribution in [0.15, 0.2) is 60.7 Å². The van der Waals surface area contributed by atoms with Gasteiger partial charge < -0.3 is 0 Å². The molecule has 0 aromatic heterocycles. The first-order valence-electron chi connectivity index (χ1n) is 5.75. The molecule has 0 fully saturated rings. The molecule has 2 heteroatoms. The third-order valence-corrected chi connectivity index (χ3v) is 5.27. The fourth-order valence-electron chi connectivity index (χ4n) is 1.77. The Kier molecular flexibility index (Phi) is 5.07. The first-order chi connectivity index (χ1) is 8.40. The second-order valence-electron chi connectivity index (χ2n) is 3.89. The van der Waals surface area contributed by atoms with Crippen LogP contribution in [-0.4, -0.2) is 20.9 Å². The van der Waals surface area contributed by atoms with E-state index in [4.69, 9.17) is 0 Å². The van der Waals surface area contributed by atoms with Crippen LogP contribution >= 0.6 is 0 Å². The van der Waals surface area contributed by atoms with E-state index in [1.54, 1.807) is 0 Å². The van der Waals surface area contributed by atoms with E-state index in [0.29, 0.717) is 4.09 Å². The van der Waals surface area contributed by atoms with Gasteiger partial charge >= 0.3 is 114 Å². The Morgan fingerprint density at radius 1 is 0.941 bits per heavy atom. The van der Waals surface area contributed by atoms with E-state index < -0.39 is 0 Å². The van der Waals surface area contributed by atoms with Gasteiger partial charge in [0.2, 0.25) is 0 Å². The van der Waals surface area contributed by atoms with Crippen molar-refractivity contribution in [2.24, 2.45) is 0 Å². The summed E-state index contributed by atoms with van der Waals surface area (Å²) in [5.41, 5.74) is 2.78. The molecule has 0 aliphatic carbocycles. The van der Waals surface area contributed by atoms with Gasteiger partial charge in [0.05, 0.1) is 0 Å². The van der Waals surface area contributed by atoms with Gasteiger partial charge in [-0.05, 0) is 0 Å². The quantitative estimate of drug-likeness (QED) is 0.825. The van der Waals surface area contributed by atoms with E-state index in [9.17, 15) is 0 Å². The van der Waals surface area contributed by atoms with Crippen LogP contribution in [-0.2, 0) is 6.54 Å². The Balaban J connectivity index is 1.97. The summed E-state index contributed by atoms with van der Waals surface area (Å²) < 4.78 is 0.571. The molecule has 0 amide bonds. The van der Waals surface area contributed by atoms with Crippen LogP contribution in [0.2, 0.25) is 4.97 Å². The van der Waals surface area contributed by atoms with Gasteiger partial charge in [-0.25, -0.2) is 0 Å². The van der Waals surface area contributed by atoms with Crippen LogP contribution < -0.4 is 5.32 Å². The molecule has 1 nitrogen and oxygen atoms in total. The third-order valence-electron chi connectivity index (χ3n) is 2.67. The van der Waals surface area contributed by atoms with Crippen molar-refractivity contribution in [3.8, 4) is 0 Å². The zero-order valence-electron chi connectivity index (χ0n) is 9.97. The molecule has 88 valence electrons. The summed E-state index contributed by atoms with van der Waals surface area (Å²) in [5, 5.41) is 3.66. The first kappa shape index (κ1) is 12.6. The summed E-state index contributed by atoms with van der Waals surface area (Å²) in [6.45, 7) is 0.957. The Morgan fingerprint density at radius 3 is 2.12 bits per heavy atom. The summed E-state index contributed by atoms with van der Waals surface area (Å²) in [6, 6.07) is 21.4. The topological polar surface area (TPSA) is 12.0 Å². The molecule has 1 unspecified atom stereocenters. The van der Waals surface area contributed by atoms with Crippen LogP contribution in [0.4, 0.5) is 0 Å². The molecule has 1 N–H and O–H groups in total. The fraction of sp³-hybridized carbons (Fsp3) is 0.200. The van der Waals surface area contributed by atoms with Gasteiger partial charge in [-0.15, -0.1) is 0 Å². The molecule has 0 saturated carbocycles. The molecule has 0 spiro atoms. The molecule has 0 aliphatic rings. The van der Waals surface area contributed by atoms with Gasteiger partial charge in [0.15, 0.2) is 0 Å². The summed E-state index contributed by atoms with van der Waals surface area (Å²) in [7, 11) is 0. The zero-order chi connectivity index (χ0) is 11.9. The molecule has 0 aliphatic heterocycles. The number of hydrogen-bond donors (Lipinski definition) is 1. The Bertz CT molecular complexity index is 427. The summed E-state index contributed by atoms with van der Waals surface area (Å²) in [6.07, 6.45) is 0. The molecule has 0 radical (unpaired) electrons. The van der Waals surface area contributed by atoms with E-state index in [-0.39, 0.29) is 20.9 Å². The minimum atomic E-state index is -0.0202. The molecule has 0 bridgehead atoms. The maximum atomic E-state index is 3.66. The number of nitrogens with one attached hydrogen (secondary N) is 1. The second kappa shape index (κ2) is 6.81. The SMILES string of the molecule is C[Te]C(NCc1ccccc1)c1ccccc1. The van der Waals surface area contributed by atoms with Crippen molar-refractivity contribution in [3.63, 3.8) is 0 Å². The molecule has 17 heavy (non-hydrogen) atoms. The van der Waals surface area contributed by atoms with Crippen molar-refractivity contribution in [3.05, 3.63) is 71.8 Å². The number of benzene rings is 2. The molecule has 0 heterocycles. The van der Waals surface area contributed by atoms with Crippen molar-refractivity contribution < 1.29 is 0 Å².